The second kappa shape index (κ2) is 5.30. The lowest BCUT2D eigenvalue weighted by Crippen LogP contribution is -2.44. The normalized spacial score (nSPS) is 20.3. The molecule has 1 amide bonds. The van der Waals surface area contributed by atoms with Gasteiger partial charge in [0.05, 0.1) is 23.2 Å². The van der Waals surface area contributed by atoms with Crippen LogP contribution in [0.2, 0.25) is 0 Å². The number of benzene rings is 1. The molecule has 1 atom stereocenters. The van der Waals surface area contributed by atoms with Crippen LogP contribution in [0, 0.1) is 0 Å². The van der Waals surface area contributed by atoms with E-state index in [2.05, 4.69) is 0 Å². The molecule has 1 heterocycles. The molecule has 19 heavy (non-hydrogen) atoms. The van der Waals surface area contributed by atoms with Crippen LogP contribution in [0.3, 0.4) is 0 Å². The van der Waals surface area contributed by atoms with Crippen LogP contribution in [0.5, 0.6) is 0 Å². The molecule has 0 N–H and O–H groups in total. The predicted molar refractivity (Wildman–Crippen MR) is 70.9 cm³/mol. The van der Waals surface area contributed by atoms with Crippen molar-refractivity contribution >= 4 is 15.7 Å². The van der Waals surface area contributed by atoms with Crippen molar-refractivity contribution in [3.8, 4) is 0 Å². The van der Waals surface area contributed by atoms with Crippen LogP contribution in [0.1, 0.15) is 17.3 Å². The quantitative estimate of drug-likeness (QED) is 0.810. The summed E-state index contributed by atoms with van der Waals surface area (Å²) in [6.45, 7) is 3.34. The van der Waals surface area contributed by atoms with E-state index in [4.69, 9.17) is 4.74 Å². The second-order valence-corrected chi connectivity index (χ2v) is 6.69. The lowest BCUT2D eigenvalue weighted by atomic mass is 10.2. The molecular weight excluding hydrogens is 266 g/mol. The molecule has 1 aliphatic heterocycles. The summed E-state index contributed by atoms with van der Waals surface area (Å²) in [5, 5.41) is 0. The Morgan fingerprint density at radius 1 is 1.37 bits per heavy atom. The van der Waals surface area contributed by atoms with E-state index < -0.39 is 9.84 Å². The summed E-state index contributed by atoms with van der Waals surface area (Å²) < 4.78 is 28.8. The van der Waals surface area contributed by atoms with E-state index in [-0.39, 0.29) is 22.5 Å². The molecular formula is C13H17NO4S. The summed E-state index contributed by atoms with van der Waals surface area (Å²) in [6.07, 6.45) is 1.09. The Labute approximate surface area is 113 Å². The first-order valence-electron chi connectivity index (χ1n) is 6.09. The fraction of sp³-hybridized carbons (Fsp3) is 0.462. The molecule has 104 valence electrons. The molecule has 0 aliphatic carbocycles. The van der Waals surface area contributed by atoms with Crippen molar-refractivity contribution < 1.29 is 17.9 Å². The van der Waals surface area contributed by atoms with E-state index in [9.17, 15) is 13.2 Å². The molecule has 0 bridgehead atoms. The lowest BCUT2D eigenvalue weighted by Gasteiger charge is -2.31. The van der Waals surface area contributed by atoms with Crippen molar-refractivity contribution in [2.24, 2.45) is 0 Å². The molecule has 1 fully saturated rings. The maximum absolute atomic E-state index is 12.4. The van der Waals surface area contributed by atoms with Gasteiger partial charge in [0.25, 0.3) is 5.91 Å². The molecule has 0 aromatic heterocycles. The highest BCUT2D eigenvalue weighted by Crippen LogP contribution is 2.18. The van der Waals surface area contributed by atoms with Gasteiger partial charge >= 0.3 is 0 Å². The molecule has 2 rings (SSSR count). The minimum absolute atomic E-state index is 0.0249. The molecule has 5 nitrogen and oxygen atoms in total. The van der Waals surface area contributed by atoms with Crippen LogP contribution in [0.15, 0.2) is 29.2 Å². The molecule has 1 aromatic carbocycles. The van der Waals surface area contributed by atoms with Gasteiger partial charge < -0.3 is 9.64 Å². The first-order chi connectivity index (χ1) is 8.89. The second-order valence-electron chi connectivity index (χ2n) is 4.70. The predicted octanol–water partition coefficient (Wildman–Crippen LogP) is 0.951. The summed E-state index contributed by atoms with van der Waals surface area (Å²) >= 11 is 0. The Kier molecular flexibility index (Phi) is 3.91. The van der Waals surface area contributed by atoms with Gasteiger partial charge in [0.2, 0.25) is 0 Å². The number of hydrogen-bond donors (Lipinski definition) is 0. The SMILES string of the molecule is C[C@@H]1CN(C(=O)c2ccccc2S(C)(=O)=O)CCO1. The third-order valence-corrected chi connectivity index (χ3v) is 4.20. The number of nitrogens with zero attached hydrogens (tertiary/aromatic N) is 1. The molecule has 1 aromatic rings. The van der Waals surface area contributed by atoms with Gasteiger partial charge in [-0.1, -0.05) is 12.1 Å². The maximum Gasteiger partial charge on any atom is 0.255 e. The van der Waals surface area contributed by atoms with Crippen molar-refractivity contribution in [1.82, 2.24) is 4.90 Å². The number of morpholine rings is 1. The first kappa shape index (κ1) is 14.0. The Morgan fingerprint density at radius 2 is 2.05 bits per heavy atom. The summed E-state index contributed by atoms with van der Waals surface area (Å²) in [4.78, 5) is 14.1. The van der Waals surface area contributed by atoms with Crippen LogP contribution in [-0.2, 0) is 14.6 Å². The van der Waals surface area contributed by atoms with Crippen LogP contribution in [0.4, 0.5) is 0 Å². The van der Waals surface area contributed by atoms with E-state index in [0.717, 1.165) is 6.26 Å². The average Bonchev–Trinajstić information content (AvgIpc) is 2.37. The van der Waals surface area contributed by atoms with Crippen LogP contribution < -0.4 is 0 Å². The van der Waals surface area contributed by atoms with Crippen molar-refractivity contribution in [2.45, 2.75) is 17.9 Å². The van der Waals surface area contributed by atoms with Gasteiger partial charge in [0.1, 0.15) is 0 Å². The average molecular weight is 283 g/mol. The topological polar surface area (TPSA) is 63.7 Å². The summed E-state index contributed by atoms with van der Waals surface area (Å²) in [5.41, 5.74) is 0.235. The summed E-state index contributed by atoms with van der Waals surface area (Å²) in [7, 11) is -3.41. The largest absolute Gasteiger partial charge is 0.375 e. The smallest absolute Gasteiger partial charge is 0.255 e. The Bertz CT molecular complexity index is 582. The number of ether oxygens (including phenoxy) is 1. The number of amides is 1. The summed E-state index contributed by atoms with van der Waals surface area (Å²) in [5.74, 6) is -0.254. The van der Waals surface area contributed by atoms with Gasteiger partial charge in [-0.2, -0.15) is 0 Å². The fourth-order valence-corrected chi connectivity index (χ4v) is 3.02. The van der Waals surface area contributed by atoms with Gasteiger partial charge in [0.15, 0.2) is 9.84 Å². The van der Waals surface area contributed by atoms with Gasteiger partial charge in [-0.15, -0.1) is 0 Å². The van der Waals surface area contributed by atoms with Crippen LogP contribution in [-0.4, -0.2) is 51.3 Å². The van der Waals surface area contributed by atoms with Gasteiger partial charge in [-0.3, -0.25) is 4.79 Å². The van der Waals surface area contributed by atoms with E-state index >= 15 is 0 Å². The number of carbonyl (C=O) groups excluding carboxylic acids is 1. The maximum atomic E-state index is 12.4. The fourth-order valence-electron chi connectivity index (χ4n) is 2.14. The van der Waals surface area contributed by atoms with Crippen molar-refractivity contribution in [1.29, 1.82) is 0 Å². The number of hydrogen-bond acceptors (Lipinski definition) is 4. The zero-order valence-electron chi connectivity index (χ0n) is 11.0. The minimum atomic E-state index is -3.41. The molecule has 0 radical (unpaired) electrons. The molecule has 6 heteroatoms. The zero-order valence-corrected chi connectivity index (χ0v) is 11.8. The molecule has 1 saturated heterocycles. The Morgan fingerprint density at radius 3 is 2.68 bits per heavy atom. The molecule has 1 aliphatic rings. The van der Waals surface area contributed by atoms with E-state index in [1.165, 1.54) is 6.07 Å². The van der Waals surface area contributed by atoms with Gasteiger partial charge in [-0.05, 0) is 19.1 Å². The van der Waals surface area contributed by atoms with E-state index in [1.54, 1.807) is 23.1 Å². The third kappa shape index (κ3) is 3.13. The molecule has 0 saturated carbocycles. The van der Waals surface area contributed by atoms with Crippen molar-refractivity contribution in [2.75, 3.05) is 26.0 Å². The highest BCUT2D eigenvalue weighted by atomic mass is 32.2. The van der Waals surface area contributed by atoms with Gasteiger partial charge in [0, 0.05) is 19.3 Å². The highest BCUT2D eigenvalue weighted by Gasteiger charge is 2.26. The monoisotopic (exact) mass is 283 g/mol. The third-order valence-electron chi connectivity index (χ3n) is 3.05. The van der Waals surface area contributed by atoms with Crippen LogP contribution >= 0.6 is 0 Å². The molecule has 0 spiro atoms. The van der Waals surface area contributed by atoms with E-state index in [0.29, 0.717) is 19.7 Å². The van der Waals surface area contributed by atoms with E-state index in [1.807, 2.05) is 6.92 Å². The van der Waals surface area contributed by atoms with Crippen molar-refractivity contribution in [3.63, 3.8) is 0 Å². The standard InChI is InChI=1S/C13H17NO4S/c1-10-9-14(7-8-18-10)13(15)11-5-3-4-6-12(11)19(2,16)17/h3-6,10H,7-9H2,1-2H3/t10-/m1/s1. The number of sulfone groups is 1. The summed E-state index contributed by atoms with van der Waals surface area (Å²) in [6, 6.07) is 6.31. The lowest BCUT2D eigenvalue weighted by molar-refractivity contribution is -0.0125. The first-order valence-corrected chi connectivity index (χ1v) is 7.98. The Balaban J connectivity index is 2.34. The number of carbonyl (C=O) groups is 1. The Hall–Kier alpha value is -1.40. The van der Waals surface area contributed by atoms with Gasteiger partial charge in [-0.25, -0.2) is 8.42 Å². The minimum Gasteiger partial charge on any atom is -0.375 e. The number of rotatable bonds is 2. The van der Waals surface area contributed by atoms with Crippen LogP contribution in [0.25, 0.3) is 0 Å². The zero-order chi connectivity index (χ0) is 14.0. The molecule has 0 unspecified atom stereocenters. The van der Waals surface area contributed by atoms with Crippen molar-refractivity contribution in [3.05, 3.63) is 29.8 Å². The highest BCUT2D eigenvalue weighted by molar-refractivity contribution is 7.90.